The molecule has 0 saturated carbocycles. The van der Waals surface area contributed by atoms with Crippen molar-refractivity contribution in [3.8, 4) is 5.75 Å². The molecular formula is C10H10N2O2. The molecule has 1 aromatic carbocycles. The van der Waals surface area contributed by atoms with Crippen LogP contribution in [0.2, 0.25) is 0 Å². The normalized spacial score (nSPS) is 10.4. The predicted molar refractivity (Wildman–Crippen MR) is 52.8 cm³/mol. The van der Waals surface area contributed by atoms with Crippen molar-refractivity contribution in [1.29, 1.82) is 0 Å². The first kappa shape index (κ1) is 8.74. The Hall–Kier alpha value is -1.84. The Kier molecular flexibility index (Phi) is 1.96. The molecule has 1 aromatic heterocycles. The standard InChI is InChI=1S/C10H10N2O2/c1-6-9(14-2)4-3-7-10(6)8(5-13)12-11-7/h3-5H,1-2H3,(H,11,12). The van der Waals surface area contributed by atoms with Crippen molar-refractivity contribution in [2.45, 2.75) is 6.92 Å². The van der Waals surface area contributed by atoms with E-state index in [2.05, 4.69) is 10.2 Å². The quantitative estimate of drug-likeness (QED) is 0.733. The number of benzene rings is 1. The summed E-state index contributed by atoms with van der Waals surface area (Å²) in [6.45, 7) is 1.91. The van der Waals surface area contributed by atoms with Crippen LogP contribution in [0.5, 0.6) is 5.75 Å². The number of rotatable bonds is 2. The Labute approximate surface area is 80.9 Å². The average molecular weight is 190 g/mol. The molecule has 4 heteroatoms. The lowest BCUT2D eigenvalue weighted by Gasteiger charge is -2.04. The molecule has 1 N–H and O–H groups in total. The van der Waals surface area contributed by atoms with Crippen LogP contribution in [-0.2, 0) is 0 Å². The third-order valence-electron chi connectivity index (χ3n) is 2.30. The van der Waals surface area contributed by atoms with E-state index < -0.39 is 0 Å². The van der Waals surface area contributed by atoms with Crippen molar-refractivity contribution in [2.24, 2.45) is 0 Å². The Morgan fingerprint density at radius 2 is 2.29 bits per heavy atom. The first-order chi connectivity index (χ1) is 6.77. The molecular weight excluding hydrogens is 180 g/mol. The van der Waals surface area contributed by atoms with Crippen LogP contribution in [0.25, 0.3) is 10.9 Å². The summed E-state index contributed by atoms with van der Waals surface area (Å²) in [5, 5.41) is 7.53. The molecule has 4 nitrogen and oxygen atoms in total. The highest BCUT2D eigenvalue weighted by Gasteiger charge is 2.10. The van der Waals surface area contributed by atoms with Gasteiger partial charge in [0.2, 0.25) is 0 Å². The first-order valence-corrected chi connectivity index (χ1v) is 4.24. The molecule has 0 amide bonds. The topological polar surface area (TPSA) is 55.0 Å². The molecule has 0 atom stereocenters. The predicted octanol–water partition coefficient (Wildman–Crippen LogP) is 1.69. The zero-order chi connectivity index (χ0) is 10.1. The lowest BCUT2D eigenvalue weighted by Crippen LogP contribution is -1.89. The van der Waals surface area contributed by atoms with Crippen molar-refractivity contribution in [3.63, 3.8) is 0 Å². The summed E-state index contributed by atoms with van der Waals surface area (Å²) < 4.78 is 5.16. The molecule has 1 heterocycles. The second-order valence-corrected chi connectivity index (χ2v) is 3.04. The smallest absolute Gasteiger partial charge is 0.168 e. The summed E-state index contributed by atoms with van der Waals surface area (Å²) in [6.07, 6.45) is 0.766. The second kappa shape index (κ2) is 3.14. The summed E-state index contributed by atoms with van der Waals surface area (Å²) in [6, 6.07) is 3.66. The van der Waals surface area contributed by atoms with Gasteiger partial charge >= 0.3 is 0 Å². The molecule has 2 rings (SSSR count). The van der Waals surface area contributed by atoms with E-state index in [9.17, 15) is 4.79 Å². The number of aromatic amines is 1. The van der Waals surface area contributed by atoms with Gasteiger partial charge in [0.15, 0.2) is 6.29 Å². The zero-order valence-electron chi connectivity index (χ0n) is 8.00. The molecule has 0 aliphatic rings. The maximum absolute atomic E-state index is 10.7. The SMILES string of the molecule is COc1ccc2n[nH]c(C=O)c2c1C. The van der Waals surface area contributed by atoms with Crippen molar-refractivity contribution < 1.29 is 9.53 Å². The van der Waals surface area contributed by atoms with Gasteiger partial charge < -0.3 is 4.74 Å². The van der Waals surface area contributed by atoms with E-state index in [-0.39, 0.29) is 0 Å². The molecule has 0 fully saturated rings. The van der Waals surface area contributed by atoms with E-state index in [0.29, 0.717) is 5.69 Å². The molecule has 0 bridgehead atoms. The number of nitrogens with one attached hydrogen (secondary N) is 1. The number of aromatic nitrogens is 2. The highest BCUT2D eigenvalue weighted by molar-refractivity contribution is 5.97. The molecule has 72 valence electrons. The van der Waals surface area contributed by atoms with Crippen molar-refractivity contribution in [3.05, 3.63) is 23.4 Å². The average Bonchev–Trinajstić information content (AvgIpc) is 2.62. The van der Waals surface area contributed by atoms with Crippen LogP contribution >= 0.6 is 0 Å². The van der Waals surface area contributed by atoms with E-state index in [1.54, 1.807) is 7.11 Å². The summed E-state index contributed by atoms with van der Waals surface area (Å²) in [5.41, 5.74) is 2.21. The minimum absolute atomic E-state index is 0.497. The Bertz CT molecular complexity index is 488. The van der Waals surface area contributed by atoms with Gasteiger partial charge in [-0.25, -0.2) is 0 Å². The summed E-state index contributed by atoms with van der Waals surface area (Å²) in [5.74, 6) is 0.766. The maximum atomic E-state index is 10.7. The molecule has 14 heavy (non-hydrogen) atoms. The van der Waals surface area contributed by atoms with Gasteiger partial charge in [0.25, 0.3) is 0 Å². The number of H-pyrrole nitrogens is 1. The summed E-state index contributed by atoms with van der Waals surface area (Å²) in [7, 11) is 1.61. The van der Waals surface area contributed by atoms with Gasteiger partial charge in [-0.15, -0.1) is 0 Å². The fraction of sp³-hybridized carbons (Fsp3) is 0.200. The molecule has 0 radical (unpaired) electrons. The lowest BCUT2D eigenvalue weighted by atomic mass is 10.1. The van der Waals surface area contributed by atoms with E-state index in [1.807, 2.05) is 19.1 Å². The van der Waals surface area contributed by atoms with Gasteiger partial charge in [0.1, 0.15) is 11.4 Å². The van der Waals surface area contributed by atoms with Crippen LogP contribution in [0.15, 0.2) is 12.1 Å². The van der Waals surface area contributed by atoms with E-state index >= 15 is 0 Å². The summed E-state index contributed by atoms with van der Waals surface area (Å²) in [4.78, 5) is 10.7. The molecule has 0 unspecified atom stereocenters. The van der Waals surface area contributed by atoms with Gasteiger partial charge in [-0.3, -0.25) is 9.89 Å². The number of carbonyl (C=O) groups excluding carboxylic acids is 1. The van der Waals surface area contributed by atoms with Gasteiger partial charge in [0.05, 0.1) is 12.6 Å². The number of aldehydes is 1. The summed E-state index contributed by atoms with van der Waals surface area (Å²) >= 11 is 0. The van der Waals surface area contributed by atoms with E-state index in [4.69, 9.17) is 4.74 Å². The number of ether oxygens (including phenoxy) is 1. The highest BCUT2D eigenvalue weighted by Crippen LogP contribution is 2.27. The van der Waals surface area contributed by atoms with Gasteiger partial charge in [-0.2, -0.15) is 5.10 Å². The molecule has 2 aromatic rings. The monoisotopic (exact) mass is 190 g/mol. The number of nitrogens with zero attached hydrogens (tertiary/aromatic N) is 1. The maximum Gasteiger partial charge on any atom is 0.168 e. The lowest BCUT2D eigenvalue weighted by molar-refractivity contribution is 0.112. The third kappa shape index (κ3) is 1.08. The molecule has 0 aliphatic heterocycles. The fourth-order valence-corrected chi connectivity index (χ4v) is 1.59. The fourth-order valence-electron chi connectivity index (χ4n) is 1.59. The van der Waals surface area contributed by atoms with E-state index in [0.717, 1.165) is 28.5 Å². The minimum atomic E-state index is 0.497. The van der Waals surface area contributed by atoms with Crippen molar-refractivity contribution in [2.75, 3.05) is 7.11 Å². The number of aryl methyl sites for hydroxylation is 1. The number of hydrogen-bond acceptors (Lipinski definition) is 3. The van der Waals surface area contributed by atoms with Crippen molar-refractivity contribution in [1.82, 2.24) is 10.2 Å². The van der Waals surface area contributed by atoms with Gasteiger partial charge in [0, 0.05) is 10.9 Å². The Balaban J connectivity index is 2.83. The van der Waals surface area contributed by atoms with Crippen LogP contribution < -0.4 is 4.74 Å². The third-order valence-corrected chi connectivity index (χ3v) is 2.30. The van der Waals surface area contributed by atoms with Crippen LogP contribution in [0, 0.1) is 6.92 Å². The number of methoxy groups -OCH3 is 1. The van der Waals surface area contributed by atoms with Crippen LogP contribution in [0.4, 0.5) is 0 Å². The number of carbonyl (C=O) groups is 1. The van der Waals surface area contributed by atoms with Crippen LogP contribution in [-0.4, -0.2) is 23.6 Å². The largest absolute Gasteiger partial charge is 0.496 e. The van der Waals surface area contributed by atoms with Crippen molar-refractivity contribution >= 4 is 17.2 Å². The molecule has 0 aliphatic carbocycles. The Morgan fingerprint density at radius 1 is 1.50 bits per heavy atom. The van der Waals surface area contributed by atoms with E-state index in [1.165, 1.54) is 0 Å². The van der Waals surface area contributed by atoms with Crippen LogP contribution in [0.3, 0.4) is 0 Å². The Morgan fingerprint density at radius 3 is 2.93 bits per heavy atom. The van der Waals surface area contributed by atoms with Gasteiger partial charge in [-0.05, 0) is 19.1 Å². The molecule has 0 saturated heterocycles. The second-order valence-electron chi connectivity index (χ2n) is 3.04. The molecule has 0 spiro atoms. The van der Waals surface area contributed by atoms with Crippen LogP contribution in [0.1, 0.15) is 16.1 Å². The number of fused-ring (bicyclic) bond motifs is 1. The highest BCUT2D eigenvalue weighted by atomic mass is 16.5. The van der Waals surface area contributed by atoms with Gasteiger partial charge in [-0.1, -0.05) is 0 Å². The number of hydrogen-bond donors (Lipinski definition) is 1. The first-order valence-electron chi connectivity index (χ1n) is 4.24. The zero-order valence-corrected chi connectivity index (χ0v) is 8.00. The minimum Gasteiger partial charge on any atom is -0.496 e.